The Kier molecular flexibility index (Phi) is 8.43. The first kappa shape index (κ1) is 11.6. The van der Waals surface area contributed by atoms with E-state index in [1.807, 2.05) is 13.0 Å². The minimum atomic E-state index is -1.35. The maximum atomic E-state index is 5.15. The molecule has 0 fully saturated rings. The molecule has 0 aromatic carbocycles. The lowest BCUT2D eigenvalue weighted by molar-refractivity contribution is 0.281. The van der Waals surface area contributed by atoms with Gasteiger partial charge in [0, 0.05) is 20.3 Å². The first-order valence-corrected chi connectivity index (χ1v) is 5.92. The molecule has 0 aliphatic heterocycles. The summed E-state index contributed by atoms with van der Waals surface area (Å²) < 4.78 is 10.3. The third kappa shape index (κ3) is 6.33. The van der Waals surface area contributed by atoms with Gasteiger partial charge in [-0.15, -0.1) is 0 Å². The normalized spacial score (nSPS) is 12.3. The zero-order valence-corrected chi connectivity index (χ0v) is 9.27. The first-order valence-electron chi connectivity index (χ1n) is 4.16. The van der Waals surface area contributed by atoms with E-state index in [-0.39, 0.29) is 0 Å². The van der Waals surface area contributed by atoms with Gasteiger partial charge in [-0.2, -0.15) is 0 Å². The molecule has 0 aliphatic carbocycles. The summed E-state index contributed by atoms with van der Waals surface area (Å²) in [7, 11) is 2.06. The van der Waals surface area contributed by atoms with E-state index in [1.165, 1.54) is 0 Å². The SMILES string of the molecule is CC=CCC=CC[SiH](OC)OC. The van der Waals surface area contributed by atoms with Gasteiger partial charge < -0.3 is 8.85 Å². The van der Waals surface area contributed by atoms with Crippen LogP contribution in [0.25, 0.3) is 0 Å². The van der Waals surface area contributed by atoms with Crippen LogP contribution in [-0.2, 0) is 8.85 Å². The summed E-state index contributed by atoms with van der Waals surface area (Å²) in [6.07, 6.45) is 9.44. The summed E-state index contributed by atoms with van der Waals surface area (Å²) in [5.74, 6) is 0. The lowest BCUT2D eigenvalue weighted by Crippen LogP contribution is -2.17. The predicted molar refractivity (Wildman–Crippen MR) is 54.5 cm³/mol. The second-order valence-corrected chi connectivity index (χ2v) is 4.69. The van der Waals surface area contributed by atoms with Gasteiger partial charge in [0.2, 0.25) is 0 Å². The molecule has 2 nitrogen and oxygen atoms in total. The zero-order valence-electron chi connectivity index (χ0n) is 8.12. The van der Waals surface area contributed by atoms with Gasteiger partial charge in [-0.1, -0.05) is 24.3 Å². The molecular weight excluding hydrogens is 168 g/mol. The van der Waals surface area contributed by atoms with Crippen molar-refractivity contribution < 1.29 is 8.85 Å². The Morgan fingerprint density at radius 1 is 1.08 bits per heavy atom. The summed E-state index contributed by atoms with van der Waals surface area (Å²) in [4.78, 5) is 0. The number of rotatable bonds is 6. The van der Waals surface area contributed by atoms with Crippen LogP contribution in [0, 0.1) is 0 Å². The third-order valence-electron chi connectivity index (χ3n) is 1.53. The Morgan fingerprint density at radius 2 is 1.75 bits per heavy atom. The highest BCUT2D eigenvalue weighted by Crippen LogP contribution is 1.97. The Hall–Kier alpha value is -0.383. The fourth-order valence-corrected chi connectivity index (χ4v) is 1.80. The number of hydrogen-bond donors (Lipinski definition) is 0. The summed E-state index contributed by atoms with van der Waals surface area (Å²) >= 11 is 0. The smallest absolute Gasteiger partial charge is 0.324 e. The molecule has 0 spiro atoms. The Balaban J connectivity index is 3.44. The molecule has 0 aromatic heterocycles. The first-order chi connectivity index (χ1) is 5.85. The monoisotopic (exact) mass is 186 g/mol. The Labute approximate surface area is 76.7 Å². The van der Waals surface area contributed by atoms with Crippen molar-refractivity contribution in [2.75, 3.05) is 14.2 Å². The standard InChI is InChI=1S/C9H18O2Si/c1-4-5-6-7-8-9-12(10-2)11-3/h4-5,7-8,12H,6,9H2,1-3H3. The van der Waals surface area contributed by atoms with Gasteiger partial charge in [0.15, 0.2) is 0 Å². The molecule has 0 saturated heterocycles. The third-order valence-corrected chi connectivity index (χ3v) is 3.24. The molecule has 12 heavy (non-hydrogen) atoms. The largest absolute Gasteiger partial charge is 0.400 e. The van der Waals surface area contributed by atoms with Crippen molar-refractivity contribution >= 4 is 9.28 Å². The Bertz CT molecular complexity index is 139. The molecule has 70 valence electrons. The van der Waals surface area contributed by atoms with Crippen LogP contribution in [0.3, 0.4) is 0 Å². The second kappa shape index (κ2) is 8.71. The van der Waals surface area contributed by atoms with Crippen molar-refractivity contribution in [3.05, 3.63) is 24.3 Å². The molecule has 0 radical (unpaired) electrons. The van der Waals surface area contributed by atoms with E-state index in [4.69, 9.17) is 8.85 Å². The van der Waals surface area contributed by atoms with Crippen LogP contribution in [0.5, 0.6) is 0 Å². The summed E-state index contributed by atoms with van der Waals surface area (Å²) in [6, 6.07) is 0.949. The van der Waals surface area contributed by atoms with Gasteiger partial charge in [0.25, 0.3) is 0 Å². The van der Waals surface area contributed by atoms with Crippen LogP contribution in [0.15, 0.2) is 24.3 Å². The van der Waals surface area contributed by atoms with Crippen LogP contribution in [0.4, 0.5) is 0 Å². The molecule has 0 bridgehead atoms. The summed E-state index contributed by atoms with van der Waals surface area (Å²) in [5, 5.41) is 0. The molecule has 0 saturated carbocycles. The van der Waals surface area contributed by atoms with Crippen molar-refractivity contribution in [3.8, 4) is 0 Å². The molecule has 0 N–H and O–H groups in total. The minimum Gasteiger partial charge on any atom is -0.400 e. The highest BCUT2D eigenvalue weighted by atomic mass is 28.3. The van der Waals surface area contributed by atoms with E-state index in [1.54, 1.807) is 14.2 Å². The van der Waals surface area contributed by atoms with Crippen molar-refractivity contribution in [1.29, 1.82) is 0 Å². The molecule has 0 rings (SSSR count). The molecule has 0 unspecified atom stereocenters. The van der Waals surface area contributed by atoms with E-state index < -0.39 is 9.28 Å². The zero-order chi connectivity index (χ0) is 9.23. The minimum absolute atomic E-state index is 0.949. The van der Waals surface area contributed by atoms with Gasteiger partial charge in [0.1, 0.15) is 0 Å². The Morgan fingerprint density at radius 3 is 2.25 bits per heavy atom. The molecule has 0 heterocycles. The van der Waals surface area contributed by atoms with E-state index in [2.05, 4.69) is 18.2 Å². The maximum Gasteiger partial charge on any atom is 0.324 e. The highest BCUT2D eigenvalue weighted by Gasteiger charge is 2.04. The summed E-state index contributed by atoms with van der Waals surface area (Å²) in [6.45, 7) is 2.02. The highest BCUT2D eigenvalue weighted by molar-refractivity contribution is 6.44. The van der Waals surface area contributed by atoms with Crippen LogP contribution < -0.4 is 0 Å². The van der Waals surface area contributed by atoms with Gasteiger partial charge in [-0.3, -0.25) is 0 Å². The molecule has 0 amide bonds. The van der Waals surface area contributed by atoms with Crippen LogP contribution >= 0.6 is 0 Å². The average molecular weight is 186 g/mol. The fraction of sp³-hybridized carbons (Fsp3) is 0.556. The molecular formula is C9H18O2Si. The predicted octanol–water partition coefficient (Wildman–Crippen LogP) is 2.02. The summed E-state index contributed by atoms with van der Waals surface area (Å²) in [5.41, 5.74) is 0. The van der Waals surface area contributed by atoms with Gasteiger partial charge >= 0.3 is 9.28 Å². The molecule has 0 atom stereocenters. The van der Waals surface area contributed by atoms with Gasteiger partial charge in [0.05, 0.1) is 0 Å². The van der Waals surface area contributed by atoms with E-state index >= 15 is 0 Å². The van der Waals surface area contributed by atoms with E-state index in [9.17, 15) is 0 Å². The fourth-order valence-electron chi connectivity index (χ4n) is 0.807. The molecule has 3 heteroatoms. The van der Waals surface area contributed by atoms with Gasteiger partial charge in [-0.25, -0.2) is 0 Å². The quantitative estimate of drug-likeness (QED) is 0.467. The van der Waals surface area contributed by atoms with Crippen LogP contribution in [0.2, 0.25) is 6.04 Å². The number of hydrogen-bond acceptors (Lipinski definition) is 2. The maximum absolute atomic E-state index is 5.15. The lowest BCUT2D eigenvalue weighted by Gasteiger charge is -2.06. The topological polar surface area (TPSA) is 18.5 Å². The molecule has 0 aromatic rings. The van der Waals surface area contributed by atoms with Crippen molar-refractivity contribution in [3.63, 3.8) is 0 Å². The van der Waals surface area contributed by atoms with Crippen LogP contribution in [0.1, 0.15) is 13.3 Å². The number of allylic oxidation sites excluding steroid dienone is 4. The molecule has 0 aliphatic rings. The van der Waals surface area contributed by atoms with Gasteiger partial charge in [-0.05, 0) is 13.3 Å². The van der Waals surface area contributed by atoms with Crippen molar-refractivity contribution in [2.45, 2.75) is 19.4 Å². The van der Waals surface area contributed by atoms with Crippen molar-refractivity contribution in [1.82, 2.24) is 0 Å². The second-order valence-electron chi connectivity index (χ2n) is 2.41. The average Bonchev–Trinajstić information content (AvgIpc) is 2.11. The van der Waals surface area contributed by atoms with Crippen molar-refractivity contribution in [2.24, 2.45) is 0 Å². The van der Waals surface area contributed by atoms with E-state index in [0.717, 1.165) is 12.5 Å². The lowest BCUT2D eigenvalue weighted by atomic mass is 10.3. The van der Waals surface area contributed by atoms with Crippen LogP contribution in [-0.4, -0.2) is 23.5 Å². The van der Waals surface area contributed by atoms with E-state index in [0.29, 0.717) is 0 Å².